The van der Waals surface area contributed by atoms with Crippen molar-refractivity contribution in [2.45, 2.75) is 13.0 Å². The van der Waals surface area contributed by atoms with Gasteiger partial charge in [0.2, 0.25) is 6.79 Å². The predicted molar refractivity (Wildman–Crippen MR) is 91.8 cm³/mol. The summed E-state index contributed by atoms with van der Waals surface area (Å²) < 4.78 is 26.7. The Morgan fingerprint density at radius 2 is 2.07 bits per heavy atom. The lowest BCUT2D eigenvalue weighted by Gasteiger charge is -2.25. The van der Waals surface area contributed by atoms with Crippen LogP contribution in [0, 0.1) is 0 Å². The fourth-order valence-electron chi connectivity index (χ4n) is 3.35. The van der Waals surface area contributed by atoms with Crippen molar-refractivity contribution in [3.8, 4) is 28.7 Å². The summed E-state index contributed by atoms with van der Waals surface area (Å²) in [7, 11) is 1.50. The summed E-state index contributed by atoms with van der Waals surface area (Å²) >= 11 is 0. The minimum Gasteiger partial charge on any atom is -0.468 e. The molecular weight excluding hydrogens is 352 g/mol. The minimum atomic E-state index is -0.193. The molecule has 8 nitrogen and oxygen atoms in total. The number of carbonyl (C=O) groups excluding carboxylic acids is 1. The Hall–Kier alpha value is -3.42. The smallest absolute Gasteiger partial charge is 0.290 e. The maximum atomic E-state index is 12.8. The van der Waals surface area contributed by atoms with E-state index in [9.17, 15) is 4.79 Å². The molecule has 0 saturated carbocycles. The van der Waals surface area contributed by atoms with Crippen LogP contribution in [-0.4, -0.2) is 36.4 Å². The van der Waals surface area contributed by atoms with Crippen LogP contribution in [0.2, 0.25) is 0 Å². The van der Waals surface area contributed by atoms with Crippen molar-refractivity contribution in [1.82, 2.24) is 10.1 Å². The molecular formula is C19H16N2O6. The lowest BCUT2D eigenvalue weighted by Crippen LogP contribution is -2.35. The molecule has 2 aliphatic rings. The minimum absolute atomic E-state index is 0.193. The van der Waals surface area contributed by atoms with Crippen molar-refractivity contribution < 1.29 is 27.9 Å². The van der Waals surface area contributed by atoms with Crippen molar-refractivity contribution in [3.05, 3.63) is 47.4 Å². The van der Waals surface area contributed by atoms with Gasteiger partial charge in [-0.2, -0.15) is 0 Å². The van der Waals surface area contributed by atoms with Crippen molar-refractivity contribution in [2.75, 3.05) is 20.4 Å². The molecule has 1 amide bonds. The van der Waals surface area contributed by atoms with Gasteiger partial charge in [0.15, 0.2) is 17.3 Å². The zero-order valence-corrected chi connectivity index (χ0v) is 14.6. The SMILES string of the molecule is COc1ccc(C(=O)N2CCc3onc(-c4ccc5c(c4)OCO5)c3C2)o1. The molecule has 0 N–H and O–H groups in total. The molecule has 0 radical (unpaired) electrons. The van der Waals surface area contributed by atoms with E-state index in [0.717, 1.165) is 16.9 Å². The lowest BCUT2D eigenvalue weighted by molar-refractivity contribution is 0.0690. The maximum absolute atomic E-state index is 12.8. The van der Waals surface area contributed by atoms with Crippen LogP contribution < -0.4 is 14.2 Å². The van der Waals surface area contributed by atoms with E-state index in [4.69, 9.17) is 23.2 Å². The highest BCUT2D eigenvalue weighted by Gasteiger charge is 2.30. The van der Waals surface area contributed by atoms with E-state index in [-0.39, 0.29) is 18.5 Å². The summed E-state index contributed by atoms with van der Waals surface area (Å²) in [6.45, 7) is 1.14. The molecule has 0 atom stereocenters. The highest BCUT2D eigenvalue weighted by Crippen LogP contribution is 2.38. The average Bonchev–Trinajstić information content (AvgIpc) is 3.44. The normalized spacial score (nSPS) is 14.9. The third-order valence-electron chi connectivity index (χ3n) is 4.75. The number of methoxy groups -OCH3 is 1. The van der Waals surface area contributed by atoms with E-state index in [2.05, 4.69) is 5.16 Å². The number of nitrogens with zero attached hydrogens (tertiary/aromatic N) is 2. The van der Waals surface area contributed by atoms with E-state index in [1.165, 1.54) is 7.11 Å². The molecule has 8 heteroatoms. The number of hydrogen-bond acceptors (Lipinski definition) is 7. The molecule has 0 aliphatic carbocycles. The van der Waals surface area contributed by atoms with Gasteiger partial charge in [-0.1, -0.05) is 5.16 Å². The molecule has 1 aromatic carbocycles. The Morgan fingerprint density at radius 1 is 1.19 bits per heavy atom. The number of rotatable bonds is 3. The van der Waals surface area contributed by atoms with Gasteiger partial charge in [0.05, 0.1) is 13.7 Å². The van der Waals surface area contributed by atoms with Gasteiger partial charge >= 0.3 is 0 Å². The number of aromatic nitrogens is 1. The molecule has 0 bridgehead atoms. The van der Waals surface area contributed by atoms with Crippen LogP contribution in [-0.2, 0) is 13.0 Å². The second kappa shape index (κ2) is 6.08. The zero-order chi connectivity index (χ0) is 18.4. The third-order valence-corrected chi connectivity index (χ3v) is 4.75. The Labute approximate surface area is 154 Å². The maximum Gasteiger partial charge on any atom is 0.290 e. The van der Waals surface area contributed by atoms with Crippen LogP contribution in [0.25, 0.3) is 11.3 Å². The number of ether oxygens (including phenoxy) is 3. The van der Waals surface area contributed by atoms with E-state index in [1.54, 1.807) is 17.0 Å². The van der Waals surface area contributed by atoms with Gasteiger partial charge in [0.25, 0.3) is 11.9 Å². The summed E-state index contributed by atoms with van der Waals surface area (Å²) in [4.78, 5) is 14.5. The van der Waals surface area contributed by atoms with Crippen molar-refractivity contribution >= 4 is 5.91 Å². The van der Waals surface area contributed by atoms with Gasteiger partial charge in [-0.05, 0) is 24.3 Å². The predicted octanol–water partition coefficient (Wildman–Crippen LogP) is 2.87. The lowest BCUT2D eigenvalue weighted by atomic mass is 10.0. The number of hydrogen-bond donors (Lipinski definition) is 0. The van der Waals surface area contributed by atoms with E-state index in [0.29, 0.717) is 42.6 Å². The first kappa shape index (κ1) is 15.8. The van der Waals surface area contributed by atoms with Gasteiger partial charge < -0.3 is 28.1 Å². The third kappa shape index (κ3) is 2.61. The Balaban J connectivity index is 1.44. The number of benzene rings is 1. The molecule has 5 rings (SSSR count). The van der Waals surface area contributed by atoms with Crippen LogP contribution in [0.4, 0.5) is 0 Å². The molecule has 27 heavy (non-hydrogen) atoms. The Kier molecular flexibility index (Phi) is 3.56. The summed E-state index contributed by atoms with van der Waals surface area (Å²) in [5, 5.41) is 4.22. The van der Waals surface area contributed by atoms with Crippen molar-refractivity contribution in [2.24, 2.45) is 0 Å². The number of furan rings is 1. The first-order valence-electron chi connectivity index (χ1n) is 8.53. The number of carbonyl (C=O) groups is 1. The fraction of sp³-hybridized carbons (Fsp3) is 0.263. The van der Waals surface area contributed by atoms with E-state index < -0.39 is 0 Å². The quantitative estimate of drug-likeness (QED) is 0.702. The highest BCUT2D eigenvalue weighted by molar-refractivity contribution is 5.92. The van der Waals surface area contributed by atoms with Gasteiger partial charge in [-0.25, -0.2) is 0 Å². The molecule has 3 aromatic rings. The number of fused-ring (bicyclic) bond motifs is 2. The second-order valence-corrected chi connectivity index (χ2v) is 6.30. The average molecular weight is 368 g/mol. The van der Waals surface area contributed by atoms with Crippen LogP contribution in [0.1, 0.15) is 21.9 Å². The zero-order valence-electron chi connectivity index (χ0n) is 14.6. The van der Waals surface area contributed by atoms with Gasteiger partial charge in [-0.15, -0.1) is 0 Å². The molecule has 0 fully saturated rings. The number of amides is 1. The standard InChI is InChI=1S/C19H16N2O6/c1-23-17-5-4-15(26-17)19(22)21-7-6-13-12(9-21)18(20-27-13)11-2-3-14-16(8-11)25-10-24-14/h2-5,8H,6-7,9-10H2,1H3. The van der Waals surface area contributed by atoms with Crippen LogP contribution in [0.3, 0.4) is 0 Å². The fourth-order valence-corrected chi connectivity index (χ4v) is 3.35. The molecule has 2 aliphatic heterocycles. The first-order chi connectivity index (χ1) is 13.2. The van der Waals surface area contributed by atoms with Crippen LogP contribution in [0.15, 0.2) is 39.3 Å². The second-order valence-electron chi connectivity index (χ2n) is 6.30. The van der Waals surface area contributed by atoms with Gasteiger partial charge in [0.1, 0.15) is 11.5 Å². The highest BCUT2D eigenvalue weighted by atomic mass is 16.7. The summed E-state index contributed by atoms with van der Waals surface area (Å²) in [5.74, 6) is 2.54. The molecule has 0 unspecified atom stereocenters. The molecule has 2 aromatic heterocycles. The molecule has 0 spiro atoms. The molecule has 0 saturated heterocycles. The molecule has 4 heterocycles. The van der Waals surface area contributed by atoms with E-state index >= 15 is 0 Å². The molecule has 138 valence electrons. The largest absolute Gasteiger partial charge is 0.468 e. The summed E-state index contributed by atoms with van der Waals surface area (Å²) in [6.07, 6.45) is 0.594. The Bertz CT molecular complexity index is 1020. The monoisotopic (exact) mass is 368 g/mol. The first-order valence-corrected chi connectivity index (χ1v) is 8.53. The summed E-state index contributed by atoms with van der Waals surface area (Å²) in [6, 6.07) is 8.87. The van der Waals surface area contributed by atoms with Crippen LogP contribution in [0.5, 0.6) is 17.4 Å². The van der Waals surface area contributed by atoms with E-state index in [1.807, 2.05) is 18.2 Å². The van der Waals surface area contributed by atoms with Gasteiger partial charge in [0, 0.05) is 30.2 Å². The van der Waals surface area contributed by atoms with Crippen LogP contribution >= 0.6 is 0 Å². The van der Waals surface area contributed by atoms with Crippen molar-refractivity contribution in [1.29, 1.82) is 0 Å². The van der Waals surface area contributed by atoms with Crippen molar-refractivity contribution in [3.63, 3.8) is 0 Å². The Morgan fingerprint density at radius 3 is 2.93 bits per heavy atom. The topological polar surface area (TPSA) is 87.2 Å². The summed E-state index contributed by atoms with van der Waals surface area (Å²) in [5.41, 5.74) is 2.46. The van der Waals surface area contributed by atoms with Gasteiger partial charge in [-0.3, -0.25) is 4.79 Å².